The molecule has 0 aliphatic carbocycles. The van der Waals surface area contributed by atoms with E-state index in [-0.39, 0.29) is 11.8 Å². The number of nitrogens with one attached hydrogen (secondary N) is 2. The maximum absolute atomic E-state index is 12.0. The van der Waals surface area contributed by atoms with Crippen molar-refractivity contribution in [1.82, 2.24) is 0 Å². The predicted octanol–water partition coefficient (Wildman–Crippen LogP) is 5.61. The van der Waals surface area contributed by atoms with E-state index in [0.29, 0.717) is 0 Å². The minimum absolute atomic E-state index is 0.185. The summed E-state index contributed by atoms with van der Waals surface area (Å²) >= 11 is 0. The molecule has 0 radical (unpaired) electrons. The third-order valence-corrected chi connectivity index (χ3v) is 4.43. The summed E-state index contributed by atoms with van der Waals surface area (Å²) in [4.78, 5) is 24.1. The molecule has 3 aromatic rings. The Morgan fingerprint density at radius 1 is 0.567 bits per heavy atom. The van der Waals surface area contributed by atoms with Crippen molar-refractivity contribution >= 4 is 35.3 Å². The third kappa shape index (κ3) is 6.60. The Morgan fingerprint density at radius 3 is 1.23 bits per heavy atom. The highest BCUT2D eigenvalue weighted by atomic mass is 16.2. The average molecular weight is 396 g/mol. The van der Waals surface area contributed by atoms with Crippen molar-refractivity contribution < 1.29 is 9.59 Å². The molecule has 0 atom stereocenters. The summed E-state index contributed by atoms with van der Waals surface area (Å²) in [6.07, 6.45) is 6.50. The molecule has 0 aliphatic rings. The molecule has 0 saturated heterocycles. The zero-order chi connectivity index (χ0) is 21.3. The topological polar surface area (TPSA) is 58.2 Å². The second-order valence-electron chi connectivity index (χ2n) is 7.04. The van der Waals surface area contributed by atoms with Crippen LogP contribution in [0.4, 0.5) is 11.4 Å². The van der Waals surface area contributed by atoms with Crippen molar-refractivity contribution in [1.29, 1.82) is 0 Å². The van der Waals surface area contributed by atoms with Crippen LogP contribution in [0.15, 0.2) is 84.9 Å². The van der Waals surface area contributed by atoms with Crippen LogP contribution in [0, 0.1) is 13.8 Å². The molecule has 0 fully saturated rings. The fourth-order valence-electron chi connectivity index (χ4n) is 2.70. The van der Waals surface area contributed by atoms with Crippen LogP contribution in [0.2, 0.25) is 0 Å². The summed E-state index contributed by atoms with van der Waals surface area (Å²) < 4.78 is 0. The van der Waals surface area contributed by atoms with E-state index in [0.717, 1.165) is 33.6 Å². The zero-order valence-electron chi connectivity index (χ0n) is 17.1. The standard InChI is InChI=1S/C26H24N2O2/c1-19-3-13-23(14-4-19)27-25(29)17-11-21-7-9-22(10-8-21)12-18-26(30)28-24-15-5-20(2)6-16-24/h3-18H,1-2H3,(H,27,29)(H,28,30). The first-order chi connectivity index (χ1) is 14.5. The number of anilines is 2. The molecule has 150 valence electrons. The molecule has 0 unspecified atom stereocenters. The molecule has 2 N–H and O–H groups in total. The Bertz CT molecular complexity index is 973. The Balaban J connectivity index is 1.52. The molecule has 3 aromatic carbocycles. The fourth-order valence-corrected chi connectivity index (χ4v) is 2.70. The number of hydrogen-bond acceptors (Lipinski definition) is 2. The van der Waals surface area contributed by atoms with E-state index in [1.165, 1.54) is 12.2 Å². The van der Waals surface area contributed by atoms with Gasteiger partial charge in [-0.05, 0) is 61.4 Å². The molecule has 0 spiro atoms. The van der Waals surface area contributed by atoms with Crippen molar-refractivity contribution in [3.63, 3.8) is 0 Å². The molecule has 0 aromatic heterocycles. The van der Waals surface area contributed by atoms with E-state index >= 15 is 0 Å². The van der Waals surface area contributed by atoms with Crippen LogP contribution in [0.25, 0.3) is 12.2 Å². The van der Waals surface area contributed by atoms with Gasteiger partial charge in [-0.1, -0.05) is 59.7 Å². The van der Waals surface area contributed by atoms with Gasteiger partial charge >= 0.3 is 0 Å². The SMILES string of the molecule is Cc1ccc(NC(=O)C=Cc2ccc(C=CC(=O)Nc3ccc(C)cc3)cc2)cc1. The second-order valence-corrected chi connectivity index (χ2v) is 7.04. The van der Waals surface area contributed by atoms with Crippen LogP contribution in [-0.4, -0.2) is 11.8 Å². The van der Waals surface area contributed by atoms with E-state index in [9.17, 15) is 9.59 Å². The first-order valence-corrected chi connectivity index (χ1v) is 9.69. The number of carbonyl (C=O) groups excluding carboxylic acids is 2. The molecule has 0 bridgehead atoms. The number of rotatable bonds is 6. The van der Waals surface area contributed by atoms with Crippen molar-refractivity contribution in [3.8, 4) is 0 Å². The number of amides is 2. The highest BCUT2D eigenvalue weighted by Crippen LogP contribution is 2.11. The molecular formula is C26H24N2O2. The van der Waals surface area contributed by atoms with Crippen molar-refractivity contribution in [2.24, 2.45) is 0 Å². The van der Waals surface area contributed by atoms with Gasteiger partial charge in [0, 0.05) is 23.5 Å². The average Bonchev–Trinajstić information content (AvgIpc) is 2.75. The van der Waals surface area contributed by atoms with E-state index in [1.807, 2.05) is 86.6 Å². The Hall–Kier alpha value is -3.92. The van der Waals surface area contributed by atoms with E-state index < -0.39 is 0 Å². The summed E-state index contributed by atoms with van der Waals surface area (Å²) in [5.74, 6) is -0.369. The van der Waals surface area contributed by atoms with E-state index in [1.54, 1.807) is 12.2 Å². The van der Waals surface area contributed by atoms with E-state index in [4.69, 9.17) is 0 Å². The predicted molar refractivity (Wildman–Crippen MR) is 124 cm³/mol. The summed E-state index contributed by atoms with van der Waals surface area (Å²) in [7, 11) is 0. The number of aryl methyl sites for hydroxylation is 2. The van der Waals surface area contributed by atoms with Crippen molar-refractivity contribution in [2.45, 2.75) is 13.8 Å². The normalized spacial score (nSPS) is 11.0. The van der Waals surface area contributed by atoms with Crippen LogP contribution < -0.4 is 10.6 Å². The van der Waals surface area contributed by atoms with Crippen LogP contribution >= 0.6 is 0 Å². The zero-order valence-corrected chi connectivity index (χ0v) is 17.1. The monoisotopic (exact) mass is 396 g/mol. The van der Waals surface area contributed by atoms with Gasteiger partial charge in [-0.3, -0.25) is 9.59 Å². The number of benzene rings is 3. The van der Waals surface area contributed by atoms with Gasteiger partial charge in [-0.2, -0.15) is 0 Å². The highest BCUT2D eigenvalue weighted by Gasteiger charge is 1.99. The number of carbonyl (C=O) groups is 2. The van der Waals surface area contributed by atoms with Gasteiger partial charge in [0.1, 0.15) is 0 Å². The molecule has 30 heavy (non-hydrogen) atoms. The van der Waals surface area contributed by atoms with Gasteiger partial charge in [0.2, 0.25) is 11.8 Å². The largest absolute Gasteiger partial charge is 0.323 e. The molecule has 2 amide bonds. The minimum atomic E-state index is -0.185. The molecule has 0 aliphatic heterocycles. The molecule has 4 heteroatoms. The van der Waals surface area contributed by atoms with Crippen LogP contribution in [-0.2, 0) is 9.59 Å². The van der Waals surface area contributed by atoms with Crippen LogP contribution in [0.3, 0.4) is 0 Å². The van der Waals surface area contributed by atoms with Gasteiger partial charge in [0.15, 0.2) is 0 Å². The van der Waals surface area contributed by atoms with Gasteiger partial charge in [-0.15, -0.1) is 0 Å². The lowest BCUT2D eigenvalue weighted by molar-refractivity contribution is -0.112. The van der Waals surface area contributed by atoms with Crippen molar-refractivity contribution in [3.05, 3.63) is 107 Å². The molecule has 0 saturated carbocycles. The molecule has 0 heterocycles. The Kier molecular flexibility index (Phi) is 6.95. The first-order valence-electron chi connectivity index (χ1n) is 9.69. The third-order valence-electron chi connectivity index (χ3n) is 4.43. The summed E-state index contributed by atoms with van der Waals surface area (Å²) in [6, 6.07) is 22.9. The van der Waals surface area contributed by atoms with Gasteiger partial charge in [0.25, 0.3) is 0 Å². The van der Waals surface area contributed by atoms with E-state index in [2.05, 4.69) is 10.6 Å². The quantitative estimate of drug-likeness (QED) is 0.532. The van der Waals surface area contributed by atoms with Crippen LogP contribution in [0.1, 0.15) is 22.3 Å². The fraction of sp³-hybridized carbons (Fsp3) is 0.0769. The highest BCUT2D eigenvalue weighted by molar-refractivity contribution is 6.02. The van der Waals surface area contributed by atoms with Crippen molar-refractivity contribution in [2.75, 3.05) is 10.6 Å². The Morgan fingerprint density at radius 2 is 0.900 bits per heavy atom. The Labute approximate surface area is 177 Å². The second kappa shape index (κ2) is 10.0. The number of hydrogen-bond donors (Lipinski definition) is 2. The van der Waals surface area contributed by atoms with Gasteiger partial charge in [-0.25, -0.2) is 0 Å². The lowest BCUT2D eigenvalue weighted by atomic mass is 10.1. The molecule has 4 nitrogen and oxygen atoms in total. The summed E-state index contributed by atoms with van der Waals surface area (Å²) in [5, 5.41) is 5.65. The summed E-state index contributed by atoms with van der Waals surface area (Å²) in [5.41, 5.74) is 5.61. The maximum atomic E-state index is 12.0. The summed E-state index contributed by atoms with van der Waals surface area (Å²) in [6.45, 7) is 4.00. The molecule has 3 rings (SSSR count). The first kappa shape index (κ1) is 20.8. The lowest BCUT2D eigenvalue weighted by Crippen LogP contribution is -2.07. The molecular weight excluding hydrogens is 372 g/mol. The smallest absolute Gasteiger partial charge is 0.248 e. The lowest BCUT2D eigenvalue weighted by Gasteiger charge is -2.02. The van der Waals surface area contributed by atoms with Gasteiger partial charge in [0.05, 0.1) is 0 Å². The minimum Gasteiger partial charge on any atom is -0.323 e. The van der Waals surface area contributed by atoms with Gasteiger partial charge < -0.3 is 10.6 Å². The maximum Gasteiger partial charge on any atom is 0.248 e. The van der Waals surface area contributed by atoms with Crippen LogP contribution in [0.5, 0.6) is 0 Å².